The van der Waals surface area contributed by atoms with Crippen LogP contribution in [0.4, 0.5) is 5.69 Å². The molecule has 3 aromatic carbocycles. The van der Waals surface area contributed by atoms with E-state index in [9.17, 15) is 5.11 Å². The minimum absolute atomic E-state index is 0.0319. The van der Waals surface area contributed by atoms with Gasteiger partial charge in [-0.15, -0.1) is 0 Å². The van der Waals surface area contributed by atoms with E-state index in [1.165, 1.54) is 7.11 Å². The number of hydrogen-bond acceptors (Lipinski definition) is 5. The van der Waals surface area contributed by atoms with Crippen LogP contribution >= 0.6 is 47.8 Å². The van der Waals surface area contributed by atoms with Gasteiger partial charge in [0.15, 0.2) is 17.1 Å². The van der Waals surface area contributed by atoms with Crippen LogP contribution in [0.5, 0.6) is 11.5 Å². The number of rotatable bonds is 4. The summed E-state index contributed by atoms with van der Waals surface area (Å²) in [6.45, 7) is 0. The zero-order valence-corrected chi connectivity index (χ0v) is 19.7. The quantitative estimate of drug-likeness (QED) is 0.258. The Balaban J connectivity index is 1.68. The first kappa shape index (κ1) is 20.1. The van der Waals surface area contributed by atoms with Crippen LogP contribution in [0.15, 0.2) is 71.4 Å². The number of aromatic hydroxyl groups is 1. The van der Waals surface area contributed by atoms with Crippen molar-refractivity contribution in [2.75, 3.05) is 7.11 Å². The van der Waals surface area contributed by atoms with Crippen molar-refractivity contribution < 1.29 is 14.3 Å². The zero-order chi connectivity index (χ0) is 20.5. The van der Waals surface area contributed by atoms with Gasteiger partial charge in [-0.2, -0.15) is 0 Å². The lowest BCUT2D eigenvalue weighted by Gasteiger charge is -2.06. The van der Waals surface area contributed by atoms with Crippen molar-refractivity contribution in [2.24, 2.45) is 4.99 Å². The molecule has 8 heteroatoms. The van der Waals surface area contributed by atoms with E-state index in [0.717, 1.165) is 19.0 Å². The number of oxazole rings is 1. The lowest BCUT2D eigenvalue weighted by atomic mass is 10.2. The highest BCUT2D eigenvalue weighted by Crippen LogP contribution is 2.34. The first-order valence-corrected chi connectivity index (χ1v) is 10.8. The normalized spacial score (nSPS) is 11.4. The van der Waals surface area contributed by atoms with Crippen LogP contribution in [0, 0.1) is 0 Å². The molecule has 1 N–H and O–H groups in total. The fourth-order valence-electron chi connectivity index (χ4n) is 2.79. The molecule has 0 fully saturated rings. The highest BCUT2D eigenvalue weighted by atomic mass is 79.9. The predicted octanol–water partition coefficient (Wildman–Crippen LogP) is 7.25. The first-order valence-electron chi connectivity index (χ1n) is 8.40. The number of fused-ring (bicyclic) bond motifs is 1. The minimum atomic E-state index is 0.0319. The van der Waals surface area contributed by atoms with Gasteiger partial charge in [-0.25, -0.2) is 4.98 Å². The van der Waals surface area contributed by atoms with Gasteiger partial charge in [0.2, 0.25) is 5.89 Å². The largest absolute Gasteiger partial charge is 0.504 e. The third-order valence-corrected chi connectivity index (χ3v) is 5.50. The monoisotopic (exact) mass is 578 g/mol. The first-order chi connectivity index (χ1) is 13.9. The fourth-order valence-corrected chi connectivity index (χ4v) is 4.54. The number of halogens is 3. The van der Waals surface area contributed by atoms with Crippen molar-refractivity contribution in [1.29, 1.82) is 0 Å². The Hall–Kier alpha value is -2.16. The molecule has 4 aromatic rings. The average Bonchev–Trinajstić information content (AvgIpc) is 3.11. The van der Waals surface area contributed by atoms with Gasteiger partial charge in [-0.05, 0) is 48.5 Å². The highest BCUT2D eigenvalue weighted by Gasteiger charge is 2.11. The summed E-state index contributed by atoms with van der Waals surface area (Å²) < 4.78 is 13.7. The summed E-state index contributed by atoms with van der Waals surface area (Å²) in [5.41, 5.74) is 3.45. The second kappa shape index (κ2) is 8.30. The van der Waals surface area contributed by atoms with Gasteiger partial charge in [-0.3, -0.25) is 4.99 Å². The van der Waals surface area contributed by atoms with E-state index in [-0.39, 0.29) is 5.75 Å². The zero-order valence-electron chi connectivity index (χ0n) is 15.0. The second-order valence-corrected chi connectivity index (χ2v) is 8.88. The standard InChI is InChI=1S/C21H13Br3N2O3/c1-28-19-8-15(24)6-12(20(19)27)10-25-16-2-3-18-17(9-16)26-21(29-18)11-4-13(22)7-14(23)5-11/h2-10,27H,1H3. The van der Waals surface area contributed by atoms with Gasteiger partial charge < -0.3 is 14.3 Å². The van der Waals surface area contributed by atoms with Crippen molar-refractivity contribution in [1.82, 2.24) is 4.98 Å². The van der Waals surface area contributed by atoms with E-state index < -0.39 is 0 Å². The molecule has 0 saturated heterocycles. The van der Waals surface area contributed by atoms with Gasteiger partial charge in [-0.1, -0.05) is 47.8 Å². The summed E-state index contributed by atoms with van der Waals surface area (Å²) in [6.07, 6.45) is 1.58. The van der Waals surface area contributed by atoms with E-state index in [1.54, 1.807) is 18.3 Å². The number of nitrogens with zero attached hydrogens (tertiary/aromatic N) is 2. The molecule has 4 rings (SSSR count). The number of benzene rings is 3. The molecule has 0 atom stereocenters. The minimum Gasteiger partial charge on any atom is -0.504 e. The smallest absolute Gasteiger partial charge is 0.227 e. The number of phenolic OH excluding ortho intramolecular Hbond substituents is 1. The second-order valence-electron chi connectivity index (χ2n) is 6.13. The van der Waals surface area contributed by atoms with Crippen molar-refractivity contribution >= 4 is 70.8 Å². The van der Waals surface area contributed by atoms with Crippen LogP contribution in [-0.2, 0) is 0 Å². The molecule has 146 valence electrons. The van der Waals surface area contributed by atoms with E-state index in [2.05, 4.69) is 57.8 Å². The summed E-state index contributed by atoms with van der Waals surface area (Å²) in [7, 11) is 1.50. The van der Waals surface area contributed by atoms with Crippen LogP contribution in [0.3, 0.4) is 0 Å². The van der Waals surface area contributed by atoms with E-state index >= 15 is 0 Å². The number of phenols is 1. The van der Waals surface area contributed by atoms with Gasteiger partial charge in [0.1, 0.15) is 5.52 Å². The van der Waals surface area contributed by atoms with Crippen LogP contribution < -0.4 is 4.74 Å². The molecule has 0 aliphatic carbocycles. The molecule has 0 spiro atoms. The van der Waals surface area contributed by atoms with Crippen molar-refractivity contribution in [3.63, 3.8) is 0 Å². The van der Waals surface area contributed by atoms with E-state index in [4.69, 9.17) is 9.15 Å². The lowest BCUT2D eigenvalue weighted by molar-refractivity contribution is 0.373. The fraction of sp³-hybridized carbons (Fsp3) is 0.0476. The summed E-state index contributed by atoms with van der Waals surface area (Å²) in [5.74, 6) is 0.930. The number of hydrogen-bond donors (Lipinski definition) is 1. The van der Waals surface area contributed by atoms with Gasteiger partial charge in [0.25, 0.3) is 0 Å². The molecule has 5 nitrogen and oxygen atoms in total. The van der Waals surface area contributed by atoms with Crippen LogP contribution in [0.1, 0.15) is 5.56 Å². The topological polar surface area (TPSA) is 67.9 Å². The van der Waals surface area contributed by atoms with Crippen molar-refractivity contribution in [2.45, 2.75) is 0 Å². The van der Waals surface area contributed by atoms with E-state index in [0.29, 0.717) is 34.0 Å². The maximum atomic E-state index is 10.3. The Labute approximate surface area is 191 Å². The third-order valence-electron chi connectivity index (χ3n) is 4.12. The molecule has 0 aliphatic heterocycles. The molecule has 0 aliphatic rings. The molecule has 0 bridgehead atoms. The SMILES string of the molecule is COc1cc(Br)cc(C=Nc2ccc3oc(-c4cc(Br)cc(Br)c4)nc3c2)c1O. The Morgan fingerprint density at radius 2 is 1.72 bits per heavy atom. The predicted molar refractivity (Wildman–Crippen MR) is 124 cm³/mol. The molecule has 29 heavy (non-hydrogen) atoms. The van der Waals surface area contributed by atoms with E-state index in [1.807, 2.05) is 36.4 Å². The van der Waals surface area contributed by atoms with Crippen molar-refractivity contribution in [3.8, 4) is 23.0 Å². The summed E-state index contributed by atoms with van der Waals surface area (Å²) in [5, 5.41) is 10.3. The van der Waals surface area contributed by atoms with Crippen LogP contribution in [0.2, 0.25) is 0 Å². The molecular formula is C21H13Br3N2O3. The maximum absolute atomic E-state index is 10.3. The number of ether oxygens (including phenoxy) is 1. The Kier molecular flexibility index (Phi) is 5.76. The molecule has 0 amide bonds. The summed E-state index contributed by atoms with van der Waals surface area (Å²) in [6, 6.07) is 14.8. The molecular weight excluding hydrogens is 568 g/mol. The van der Waals surface area contributed by atoms with Crippen molar-refractivity contribution in [3.05, 3.63) is 67.5 Å². The number of methoxy groups -OCH3 is 1. The summed E-state index contributed by atoms with van der Waals surface area (Å²) >= 11 is 10.4. The lowest BCUT2D eigenvalue weighted by Crippen LogP contribution is -1.89. The van der Waals surface area contributed by atoms with Gasteiger partial charge >= 0.3 is 0 Å². The number of aromatic nitrogens is 1. The molecule has 0 unspecified atom stereocenters. The molecule has 0 radical (unpaired) electrons. The average molecular weight is 581 g/mol. The van der Waals surface area contributed by atoms with Crippen LogP contribution in [0.25, 0.3) is 22.6 Å². The Bertz CT molecular complexity index is 1230. The third kappa shape index (κ3) is 4.39. The van der Waals surface area contributed by atoms with Gasteiger partial charge in [0.05, 0.1) is 12.8 Å². The van der Waals surface area contributed by atoms with Gasteiger partial charge in [0, 0.05) is 30.8 Å². The van der Waals surface area contributed by atoms with Crippen LogP contribution in [-0.4, -0.2) is 23.4 Å². The molecule has 1 heterocycles. The Morgan fingerprint density at radius 1 is 1.00 bits per heavy atom. The molecule has 0 saturated carbocycles. The highest BCUT2D eigenvalue weighted by molar-refractivity contribution is 9.11. The maximum Gasteiger partial charge on any atom is 0.227 e. The molecule has 1 aromatic heterocycles. The Morgan fingerprint density at radius 3 is 2.45 bits per heavy atom. The number of aliphatic imine (C=N–C) groups is 1. The summed E-state index contributed by atoms with van der Waals surface area (Å²) in [4.78, 5) is 9.04.